The van der Waals surface area contributed by atoms with E-state index in [4.69, 9.17) is 6.42 Å². The fourth-order valence-electron chi connectivity index (χ4n) is 1.99. The number of rotatable bonds is 5. The van der Waals surface area contributed by atoms with E-state index >= 15 is 0 Å². The molecule has 0 aromatic heterocycles. The summed E-state index contributed by atoms with van der Waals surface area (Å²) in [7, 11) is 0. The summed E-state index contributed by atoms with van der Waals surface area (Å²) in [5, 5.41) is 3.10. The maximum absolute atomic E-state index is 11.9. The highest BCUT2D eigenvalue weighted by Crippen LogP contribution is 2.31. The van der Waals surface area contributed by atoms with Gasteiger partial charge in [0.25, 0.3) is 0 Å². The number of hydrogen-bond acceptors (Lipinski definition) is 3. The van der Waals surface area contributed by atoms with E-state index in [1.54, 1.807) is 0 Å². The molecule has 1 aliphatic heterocycles. The maximum Gasteiger partial charge on any atom is 0.247 e. The highest BCUT2D eigenvalue weighted by molar-refractivity contribution is 6.06. The fourth-order valence-corrected chi connectivity index (χ4v) is 1.99. The van der Waals surface area contributed by atoms with Gasteiger partial charge in [0.1, 0.15) is 0 Å². The van der Waals surface area contributed by atoms with Crippen LogP contribution in [0.15, 0.2) is 0 Å². The summed E-state index contributed by atoms with van der Waals surface area (Å²) in [4.78, 5) is 24.9. The number of nitrogens with one attached hydrogen (secondary N) is 1. The van der Waals surface area contributed by atoms with Gasteiger partial charge in [0, 0.05) is 12.5 Å². The van der Waals surface area contributed by atoms with Gasteiger partial charge in [0.05, 0.1) is 12.5 Å². The minimum atomic E-state index is -0.314. The first kappa shape index (κ1) is 11.2. The summed E-state index contributed by atoms with van der Waals surface area (Å²) in [6.45, 7) is 0.701. The van der Waals surface area contributed by atoms with Crippen LogP contribution in [0.5, 0.6) is 0 Å². The molecule has 1 saturated heterocycles. The van der Waals surface area contributed by atoms with Crippen LogP contribution in [0.25, 0.3) is 0 Å². The van der Waals surface area contributed by atoms with Crippen molar-refractivity contribution in [3.05, 3.63) is 0 Å². The number of nitrogens with zero attached hydrogens (tertiary/aromatic N) is 1. The molecule has 0 bridgehead atoms. The predicted molar refractivity (Wildman–Crippen MR) is 59.3 cm³/mol. The zero-order valence-electron chi connectivity index (χ0n) is 9.24. The van der Waals surface area contributed by atoms with E-state index in [0.717, 1.165) is 19.3 Å². The lowest BCUT2D eigenvalue weighted by Gasteiger charge is -2.14. The molecular formula is C12H16N2O2. The normalized spacial score (nSPS) is 24.9. The van der Waals surface area contributed by atoms with E-state index in [2.05, 4.69) is 11.2 Å². The van der Waals surface area contributed by atoms with Gasteiger partial charge in [-0.1, -0.05) is 0 Å². The molecule has 0 radical (unpaired) electrons. The molecule has 2 fully saturated rings. The molecule has 4 heteroatoms. The molecule has 2 amide bonds. The van der Waals surface area contributed by atoms with Gasteiger partial charge in [-0.05, 0) is 25.8 Å². The van der Waals surface area contributed by atoms with Crippen LogP contribution < -0.4 is 5.32 Å². The molecule has 4 nitrogen and oxygen atoms in total. The molecule has 1 saturated carbocycles. The number of carbonyl (C=O) groups is 2. The zero-order valence-corrected chi connectivity index (χ0v) is 9.24. The number of carbonyl (C=O) groups excluding carboxylic acids is 2. The lowest BCUT2D eigenvalue weighted by atomic mass is 10.2. The van der Waals surface area contributed by atoms with Crippen molar-refractivity contribution in [2.75, 3.05) is 6.54 Å². The molecule has 0 spiro atoms. The minimum Gasteiger partial charge on any atom is -0.305 e. The Morgan fingerprint density at radius 3 is 2.81 bits per heavy atom. The van der Waals surface area contributed by atoms with Crippen molar-refractivity contribution in [3.63, 3.8) is 0 Å². The van der Waals surface area contributed by atoms with Crippen molar-refractivity contribution in [2.24, 2.45) is 0 Å². The number of terminal acetylenes is 1. The first-order chi connectivity index (χ1) is 7.74. The molecule has 1 N–H and O–H groups in total. The SMILES string of the molecule is C#CCCCNC1CC(=O)N(C2CC2)C1=O. The van der Waals surface area contributed by atoms with Crippen molar-refractivity contribution < 1.29 is 9.59 Å². The van der Waals surface area contributed by atoms with Crippen molar-refractivity contribution in [1.82, 2.24) is 10.2 Å². The van der Waals surface area contributed by atoms with Crippen LogP contribution in [-0.2, 0) is 9.59 Å². The van der Waals surface area contributed by atoms with Crippen LogP contribution in [0.1, 0.15) is 32.1 Å². The Balaban J connectivity index is 1.81. The van der Waals surface area contributed by atoms with Gasteiger partial charge in [0.15, 0.2) is 0 Å². The third-order valence-corrected chi connectivity index (χ3v) is 2.98. The largest absolute Gasteiger partial charge is 0.305 e. The second-order valence-electron chi connectivity index (χ2n) is 4.35. The average molecular weight is 220 g/mol. The molecule has 16 heavy (non-hydrogen) atoms. The number of hydrogen-bond donors (Lipinski definition) is 1. The average Bonchev–Trinajstić information content (AvgIpc) is 3.03. The Morgan fingerprint density at radius 1 is 1.44 bits per heavy atom. The molecule has 0 aromatic carbocycles. The minimum absolute atomic E-state index is 0.0260. The maximum atomic E-state index is 11.9. The fraction of sp³-hybridized carbons (Fsp3) is 0.667. The topological polar surface area (TPSA) is 49.4 Å². The van der Waals surface area contributed by atoms with Gasteiger partial charge in [-0.15, -0.1) is 12.3 Å². The van der Waals surface area contributed by atoms with Crippen molar-refractivity contribution >= 4 is 11.8 Å². The van der Waals surface area contributed by atoms with E-state index in [1.165, 1.54) is 4.90 Å². The molecule has 86 valence electrons. The number of amides is 2. The Morgan fingerprint density at radius 2 is 2.19 bits per heavy atom. The third-order valence-electron chi connectivity index (χ3n) is 2.98. The smallest absolute Gasteiger partial charge is 0.247 e. The Bertz CT molecular complexity index is 341. The van der Waals surface area contributed by atoms with E-state index in [9.17, 15) is 9.59 Å². The van der Waals surface area contributed by atoms with Gasteiger partial charge in [0.2, 0.25) is 11.8 Å². The zero-order chi connectivity index (χ0) is 11.5. The quantitative estimate of drug-likeness (QED) is 0.411. The van der Waals surface area contributed by atoms with Crippen molar-refractivity contribution in [2.45, 2.75) is 44.2 Å². The van der Waals surface area contributed by atoms with Crippen LogP contribution in [0.4, 0.5) is 0 Å². The molecule has 1 aliphatic carbocycles. The Kier molecular flexibility index (Phi) is 3.25. The van der Waals surface area contributed by atoms with Gasteiger partial charge in [-0.3, -0.25) is 14.5 Å². The van der Waals surface area contributed by atoms with Gasteiger partial charge in [-0.2, -0.15) is 0 Å². The van der Waals surface area contributed by atoms with Crippen molar-refractivity contribution in [1.29, 1.82) is 0 Å². The van der Waals surface area contributed by atoms with Crippen LogP contribution >= 0.6 is 0 Å². The van der Waals surface area contributed by atoms with Gasteiger partial charge in [-0.25, -0.2) is 0 Å². The Labute approximate surface area is 95.4 Å². The Hall–Kier alpha value is -1.34. The highest BCUT2D eigenvalue weighted by Gasteiger charge is 2.45. The van der Waals surface area contributed by atoms with E-state index in [0.29, 0.717) is 19.4 Å². The summed E-state index contributed by atoms with van der Waals surface area (Å²) in [5.41, 5.74) is 0. The van der Waals surface area contributed by atoms with E-state index in [1.807, 2.05) is 0 Å². The van der Waals surface area contributed by atoms with Crippen molar-refractivity contribution in [3.8, 4) is 12.3 Å². The summed E-state index contributed by atoms with van der Waals surface area (Å²) in [6, 6.07) is -0.122. The van der Waals surface area contributed by atoms with Crippen LogP contribution in [0.2, 0.25) is 0 Å². The predicted octanol–water partition coefficient (Wildman–Crippen LogP) is 0.279. The van der Waals surface area contributed by atoms with Crippen LogP contribution in [-0.4, -0.2) is 35.3 Å². The molecule has 1 atom stereocenters. The molecule has 2 aliphatic rings. The molecule has 1 unspecified atom stereocenters. The molecular weight excluding hydrogens is 204 g/mol. The standard InChI is InChI=1S/C12H16N2O2/c1-2-3-4-7-13-10-8-11(15)14(12(10)16)9-5-6-9/h1,9-10,13H,3-8H2. The third kappa shape index (κ3) is 2.25. The van der Waals surface area contributed by atoms with Gasteiger partial charge >= 0.3 is 0 Å². The monoisotopic (exact) mass is 220 g/mol. The lowest BCUT2D eigenvalue weighted by Crippen LogP contribution is -2.40. The summed E-state index contributed by atoms with van der Waals surface area (Å²) in [6.07, 6.45) is 8.94. The first-order valence-electron chi connectivity index (χ1n) is 5.77. The number of likely N-dealkylation sites (tertiary alicyclic amines) is 1. The molecule has 0 aromatic rings. The summed E-state index contributed by atoms with van der Waals surface area (Å²) < 4.78 is 0. The van der Waals surface area contributed by atoms with Crippen LogP contribution in [0, 0.1) is 12.3 Å². The van der Waals surface area contributed by atoms with Gasteiger partial charge < -0.3 is 5.32 Å². The van der Waals surface area contributed by atoms with E-state index < -0.39 is 0 Å². The highest BCUT2D eigenvalue weighted by atomic mass is 16.2. The lowest BCUT2D eigenvalue weighted by molar-refractivity contribution is -0.139. The summed E-state index contributed by atoms with van der Waals surface area (Å²) in [5.74, 6) is 2.47. The second-order valence-corrected chi connectivity index (χ2v) is 4.35. The summed E-state index contributed by atoms with van der Waals surface area (Å²) >= 11 is 0. The number of unbranched alkanes of at least 4 members (excludes halogenated alkanes) is 1. The second kappa shape index (κ2) is 4.67. The van der Waals surface area contributed by atoms with Crippen LogP contribution in [0.3, 0.4) is 0 Å². The first-order valence-corrected chi connectivity index (χ1v) is 5.77. The molecule has 1 heterocycles. The number of imide groups is 1. The molecule has 2 rings (SSSR count). The van der Waals surface area contributed by atoms with E-state index in [-0.39, 0.29) is 23.9 Å².